The molecule has 15 heavy (non-hydrogen) atoms. The number of aryl methyl sites for hydroxylation is 1. The molecular formula is C11H18N4. The van der Waals surface area contributed by atoms with Crippen LogP contribution in [-0.2, 0) is 12.8 Å². The van der Waals surface area contributed by atoms with Crippen molar-refractivity contribution >= 4 is 5.82 Å². The van der Waals surface area contributed by atoms with E-state index in [0.29, 0.717) is 12.5 Å². The van der Waals surface area contributed by atoms with Crippen LogP contribution < -0.4 is 11.1 Å². The summed E-state index contributed by atoms with van der Waals surface area (Å²) in [6.07, 6.45) is 5.06. The van der Waals surface area contributed by atoms with Gasteiger partial charge in [0.15, 0.2) is 0 Å². The summed E-state index contributed by atoms with van der Waals surface area (Å²) in [5.41, 5.74) is 8.10. The first kappa shape index (κ1) is 10.4. The number of nitrogens with zero attached hydrogens (tertiary/aromatic N) is 2. The molecule has 1 aromatic heterocycles. The van der Waals surface area contributed by atoms with E-state index in [1.54, 1.807) is 6.33 Å². The molecule has 0 saturated heterocycles. The largest absolute Gasteiger partial charge is 0.369 e. The fourth-order valence-corrected chi connectivity index (χ4v) is 1.87. The van der Waals surface area contributed by atoms with Crippen LogP contribution in [-0.4, -0.2) is 23.1 Å². The molecule has 0 amide bonds. The third-order valence-corrected chi connectivity index (χ3v) is 2.90. The van der Waals surface area contributed by atoms with Gasteiger partial charge in [0.2, 0.25) is 0 Å². The van der Waals surface area contributed by atoms with Gasteiger partial charge in [-0.2, -0.15) is 0 Å². The molecule has 0 fully saturated rings. The van der Waals surface area contributed by atoms with E-state index in [0.717, 1.165) is 25.2 Å². The van der Waals surface area contributed by atoms with E-state index >= 15 is 0 Å². The molecule has 0 aromatic carbocycles. The van der Waals surface area contributed by atoms with E-state index in [9.17, 15) is 0 Å². The maximum Gasteiger partial charge on any atom is 0.132 e. The minimum atomic E-state index is 0.483. The Morgan fingerprint density at radius 3 is 3.13 bits per heavy atom. The van der Waals surface area contributed by atoms with Crippen molar-refractivity contribution in [3.63, 3.8) is 0 Å². The predicted molar refractivity (Wildman–Crippen MR) is 60.8 cm³/mol. The van der Waals surface area contributed by atoms with E-state index in [2.05, 4.69) is 22.2 Å². The molecule has 1 atom stereocenters. The minimum Gasteiger partial charge on any atom is -0.369 e. The number of hydrogen-bond donors (Lipinski definition) is 2. The molecule has 3 N–H and O–H groups in total. The minimum absolute atomic E-state index is 0.483. The van der Waals surface area contributed by atoms with Crippen molar-refractivity contribution in [3.8, 4) is 0 Å². The second kappa shape index (κ2) is 4.57. The van der Waals surface area contributed by atoms with Crippen LogP contribution in [0.5, 0.6) is 0 Å². The van der Waals surface area contributed by atoms with E-state index in [1.807, 2.05) is 0 Å². The lowest BCUT2D eigenvalue weighted by molar-refractivity contribution is 0.626. The highest BCUT2D eigenvalue weighted by atomic mass is 15.0. The van der Waals surface area contributed by atoms with Crippen molar-refractivity contribution in [2.24, 2.45) is 11.7 Å². The monoisotopic (exact) mass is 206 g/mol. The van der Waals surface area contributed by atoms with Crippen molar-refractivity contribution < 1.29 is 0 Å². The van der Waals surface area contributed by atoms with Gasteiger partial charge in [-0.05, 0) is 31.7 Å². The lowest BCUT2D eigenvalue weighted by Gasteiger charge is -2.12. The van der Waals surface area contributed by atoms with Crippen LogP contribution >= 0.6 is 0 Å². The molecule has 0 saturated carbocycles. The third kappa shape index (κ3) is 2.26. The van der Waals surface area contributed by atoms with E-state index < -0.39 is 0 Å². The van der Waals surface area contributed by atoms with E-state index in [-0.39, 0.29) is 0 Å². The molecule has 1 aromatic rings. The second-order valence-electron chi connectivity index (χ2n) is 4.22. The first-order valence-electron chi connectivity index (χ1n) is 5.58. The molecule has 1 heterocycles. The molecule has 0 bridgehead atoms. The maximum atomic E-state index is 5.58. The average molecular weight is 206 g/mol. The summed E-state index contributed by atoms with van der Waals surface area (Å²) in [4.78, 5) is 8.58. The summed E-state index contributed by atoms with van der Waals surface area (Å²) >= 11 is 0. The molecule has 1 aliphatic rings. The Hall–Kier alpha value is -1.16. The van der Waals surface area contributed by atoms with Gasteiger partial charge in [0, 0.05) is 17.8 Å². The highest BCUT2D eigenvalue weighted by Gasteiger charge is 2.16. The zero-order valence-corrected chi connectivity index (χ0v) is 9.16. The average Bonchev–Trinajstić information content (AvgIpc) is 2.74. The van der Waals surface area contributed by atoms with Gasteiger partial charge < -0.3 is 11.1 Å². The maximum absolute atomic E-state index is 5.58. The van der Waals surface area contributed by atoms with E-state index in [1.165, 1.54) is 17.7 Å². The van der Waals surface area contributed by atoms with Crippen molar-refractivity contribution in [1.29, 1.82) is 0 Å². The summed E-state index contributed by atoms with van der Waals surface area (Å²) in [7, 11) is 0. The van der Waals surface area contributed by atoms with Gasteiger partial charge in [0.05, 0.1) is 0 Å². The molecule has 1 unspecified atom stereocenters. The van der Waals surface area contributed by atoms with Crippen LogP contribution in [0.4, 0.5) is 5.82 Å². The van der Waals surface area contributed by atoms with Crippen LogP contribution in [0.2, 0.25) is 0 Å². The molecule has 4 heteroatoms. The summed E-state index contributed by atoms with van der Waals surface area (Å²) < 4.78 is 0. The van der Waals surface area contributed by atoms with Crippen LogP contribution in [0.25, 0.3) is 0 Å². The van der Waals surface area contributed by atoms with Crippen LogP contribution in [0.1, 0.15) is 24.6 Å². The standard InChI is InChI=1S/C11H18N4/c1-8(5-12)6-13-11-9-3-2-4-10(9)14-7-15-11/h7-8H,2-6,12H2,1H3,(H,13,14,15). The van der Waals surface area contributed by atoms with Crippen LogP contribution in [0, 0.1) is 5.92 Å². The smallest absolute Gasteiger partial charge is 0.132 e. The number of hydrogen-bond acceptors (Lipinski definition) is 4. The van der Waals surface area contributed by atoms with Gasteiger partial charge in [-0.15, -0.1) is 0 Å². The van der Waals surface area contributed by atoms with Gasteiger partial charge in [0.1, 0.15) is 12.1 Å². The first-order valence-corrected chi connectivity index (χ1v) is 5.58. The summed E-state index contributed by atoms with van der Waals surface area (Å²) in [6.45, 7) is 3.73. The molecule has 0 radical (unpaired) electrons. The zero-order chi connectivity index (χ0) is 10.7. The summed E-state index contributed by atoms with van der Waals surface area (Å²) in [6, 6.07) is 0. The Labute approximate surface area is 90.3 Å². The quantitative estimate of drug-likeness (QED) is 0.770. The Morgan fingerprint density at radius 2 is 2.33 bits per heavy atom. The van der Waals surface area contributed by atoms with Crippen LogP contribution in [0.3, 0.4) is 0 Å². The number of rotatable bonds is 4. The van der Waals surface area contributed by atoms with Crippen LogP contribution in [0.15, 0.2) is 6.33 Å². The molecule has 0 aliphatic heterocycles. The lowest BCUT2D eigenvalue weighted by Crippen LogP contribution is -2.20. The fourth-order valence-electron chi connectivity index (χ4n) is 1.87. The van der Waals surface area contributed by atoms with Gasteiger partial charge in [0.25, 0.3) is 0 Å². The number of nitrogens with one attached hydrogen (secondary N) is 1. The Morgan fingerprint density at radius 1 is 1.47 bits per heavy atom. The van der Waals surface area contributed by atoms with Gasteiger partial charge >= 0.3 is 0 Å². The number of fused-ring (bicyclic) bond motifs is 1. The second-order valence-corrected chi connectivity index (χ2v) is 4.22. The van der Waals surface area contributed by atoms with Gasteiger partial charge in [-0.1, -0.05) is 6.92 Å². The molecule has 2 rings (SSSR count). The molecular weight excluding hydrogens is 188 g/mol. The van der Waals surface area contributed by atoms with Gasteiger partial charge in [-0.3, -0.25) is 0 Å². The third-order valence-electron chi connectivity index (χ3n) is 2.90. The molecule has 1 aliphatic carbocycles. The zero-order valence-electron chi connectivity index (χ0n) is 9.16. The highest BCUT2D eigenvalue weighted by molar-refractivity contribution is 5.47. The van der Waals surface area contributed by atoms with Crippen molar-refractivity contribution in [1.82, 2.24) is 9.97 Å². The highest BCUT2D eigenvalue weighted by Crippen LogP contribution is 2.24. The van der Waals surface area contributed by atoms with Gasteiger partial charge in [-0.25, -0.2) is 9.97 Å². The number of anilines is 1. The Balaban J connectivity index is 2.06. The number of aromatic nitrogens is 2. The fraction of sp³-hybridized carbons (Fsp3) is 0.636. The molecule has 4 nitrogen and oxygen atoms in total. The SMILES string of the molecule is CC(CN)CNc1ncnc2c1CCC2. The molecule has 0 spiro atoms. The van der Waals surface area contributed by atoms with Crippen molar-refractivity contribution in [2.75, 3.05) is 18.4 Å². The summed E-state index contributed by atoms with van der Waals surface area (Å²) in [5, 5.41) is 3.36. The topological polar surface area (TPSA) is 63.8 Å². The normalized spacial score (nSPS) is 16.1. The first-order chi connectivity index (χ1) is 7.31. The van der Waals surface area contributed by atoms with E-state index in [4.69, 9.17) is 5.73 Å². The number of nitrogens with two attached hydrogens (primary N) is 1. The lowest BCUT2D eigenvalue weighted by atomic mass is 10.2. The summed E-state index contributed by atoms with van der Waals surface area (Å²) in [5.74, 6) is 1.50. The van der Waals surface area contributed by atoms with Crippen molar-refractivity contribution in [2.45, 2.75) is 26.2 Å². The Bertz CT molecular complexity index is 337. The van der Waals surface area contributed by atoms with Crippen molar-refractivity contribution in [3.05, 3.63) is 17.6 Å². The molecule has 82 valence electrons. The Kier molecular flexibility index (Phi) is 3.16. The predicted octanol–water partition coefficient (Wildman–Crippen LogP) is 0.972.